The molecule has 5 nitrogen and oxygen atoms in total. The number of hydrogen-bond donors (Lipinski definition) is 1. The van der Waals surface area contributed by atoms with E-state index < -0.39 is 0 Å². The molecule has 0 rings (SSSR count). The van der Waals surface area contributed by atoms with Crippen molar-refractivity contribution < 1.29 is 24.2 Å². The standard InChI is InChI=1S/C28H56O2.C20H38O3/c1-3-5-7-9-11-13-15-17-19-21-23-25-27-30-28(29)26-24-22-20-18-16-14-12-10-8-6-4-2;1-3-5-6-13-16-19(21)17-14-11-9-7-8-10-12-15-18-20(22)23-4-2/h3-27H2,1-2H3;11,14,19,21H,3-10,12-13,15-18H2,1-2H3/b;14-11-/t;19-/m.1/s1. The lowest BCUT2D eigenvalue weighted by atomic mass is 10.1. The summed E-state index contributed by atoms with van der Waals surface area (Å²) < 4.78 is 10.3. The molecule has 0 aliphatic heterocycles. The highest BCUT2D eigenvalue weighted by Crippen LogP contribution is 2.14. The van der Waals surface area contributed by atoms with Crippen molar-refractivity contribution in [2.75, 3.05) is 13.2 Å². The molecule has 0 heterocycles. The van der Waals surface area contributed by atoms with E-state index in [2.05, 4.69) is 32.9 Å². The first-order valence-electron chi connectivity index (χ1n) is 23.7. The minimum atomic E-state index is -0.161. The van der Waals surface area contributed by atoms with Crippen molar-refractivity contribution in [2.24, 2.45) is 0 Å². The Bertz CT molecular complexity index is 735. The number of allylic oxidation sites excluding steroid dienone is 1. The zero-order valence-corrected chi connectivity index (χ0v) is 36.4. The van der Waals surface area contributed by atoms with Gasteiger partial charge in [0.2, 0.25) is 0 Å². The average molecular weight is 751 g/mol. The van der Waals surface area contributed by atoms with E-state index >= 15 is 0 Å². The minimum absolute atomic E-state index is 0.0222. The molecule has 0 aromatic heterocycles. The molecule has 0 aliphatic carbocycles. The lowest BCUT2D eigenvalue weighted by Crippen LogP contribution is -2.05. The molecule has 53 heavy (non-hydrogen) atoms. The first-order chi connectivity index (χ1) is 26.0. The Morgan fingerprint density at radius 1 is 0.434 bits per heavy atom. The van der Waals surface area contributed by atoms with Crippen molar-refractivity contribution in [3.63, 3.8) is 0 Å². The van der Waals surface area contributed by atoms with Crippen molar-refractivity contribution in [2.45, 2.75) is 271 Å². The van der Waals surface area contributed by atoms with E-state index in [1.54, 1.807) is 0 Å². The SMILES string of the molecule is CCCCCCCCCCCCCCOC(=O)CCCCCCCCCCCCC.CCCCCC[C@@H](O)C/C=C\CCCCCCCC(=O)OCC. The van der Waals surface area contributed by atoms with Gasteiger partial charge in [-0.15, -0.1) is 0 Å². The lowest BCUT2D eigenvalue weighted by Gasteiger charge is -2.07. The summed E-state index contributed by atoms with van der Waals surface area (Å²) in [6, 6.07) is 0. The second-order valence-electron chi connectivity index (χ2n) is 15.7. The van der Waals surface area contributed by atoms with Crippen molar-refractivity contribution in [1.29, 1.82) is 0 Å². The van der Waals surface area contributed by atoms with Crippen LogP contribution in [0.1, 0.15) is 265 Å². The van der Waals surface area contributed by atoms with Crippen molar-refractivity contribution in [3.05, 3.63) is 12.2 Å². The zero-order chi connectivity index (χ0) is 39.1. The highest BCUT2D eigenvalue weighted by Gasteiger charge is 2.04. The van der Waals surface area contributed by atoms with Gasteiger partial charge >= 0.3 is 11.9 Å². The second kappa shape index (κ2) is 48.7. The summed E-state index contributed by atoms with van der Waals surface area (Å²) in [6.45, 7) is 9.72. The van der Waals surface area contributed by atoms with Gasteiger partial charge in [0.25, 0.3) is 0 Å². The maximum Gasteiger partial charge on any atom is 0.305 e. The van der Waals surface area contributed by atoms with Crippen LogP contribution in [0.2, 0.25) is 0 Å². The van der Waals surface area contributed by atoms with Crippen LogP contribution in [0.5, 0.6) is 0 Å². The topological polar surface area (TPSA) is 72.8 Å². The quantitative estimate of drug-likeness (QED) is 0.0383. The number of ether oxygens (including phenoxy) is 2. The Labute approximate surface area is 332 Å². The molecule has 0 saturated carbocycles. The van der Waals surface area contributed by atoms with Crippen LogP contribution in [0, 0.1) is 0 Å². The van der Waals surface area contributed by atoms with E-state index in [1.165, 1.54) is 173 Å². The molecule has 0 fully saturated rings. The molecular formula is C48H94O5. The largest absolute Gasteiger partial charge is 0.466 e. The molecule has 0 bridgehead atoms. The van der Waals surface area contributed by atoms with E-state index in [1.807, 2.05) is 6.92 Å². The fraction of sp³-hybridized carbons (Fsp3) is 0.917. The van der Waals surface area contributed by atoms with Gasteiger partial charge in [0, 0.05) is 12.8 Å². The predicted octanol–water partition coefficient (Wildman–Crippen LogP) is 15.5. The summed E-state index contributed by atoms with van der Waals surface area (Å²) in [7, 11) is 0. The van der Waals surface area contributed by atoms with Crippen LogP contribution in [0.25, 0.3) is 0 Å². The molecule has 0 spiro atoms. The van der Waals surface area contributed by atoms with E-state index in [4.69, 9.17) is 9.47 Å². The fourth-order valence-electron chi connectivity index (χ4n) is 6.73. The maximum absolute atomic E-state index is 11.8. The number of unbranched alkanes of at least 4 members (excludes halogenated alkanes) is 29. The van der Waals surface area contributed by atoms with Gasteiger partial charge in [0.15, 0.2) is 0 Å². The monoisotopic (exact) mass is 751 g/mol. The molecule has 1 N–H and O–H groups in total. The van der Waals surface area contributed by atoms with Crippen LogP contribution in [-0.4, -0.2) is 36.4 Å². The average Bonchev–Trinajstić information content (AvgIpc) is 3.15. The molecule has 0 aromatic carbocycles. The fourth-order valence-corrected chi connectivity index (χ4v) is 6.73. The van der Waals surface area contributed by atoms with Gasteiger partial charge in [-0.3, -0.25) is 9.59 Å². The molecule has 0 saturated heterocycles. The smallest absolute Gasteiger partial charge is 0.305 e. The van der Waals surface area contributed by atoms with Gasteiger partial charge in [-0.05, 0) is 51.9 Å². The van der Waals surface area contributed by atoms with Crippen LogP contribution < -0.4 is 0 Å². The minimum Gasteiger partial charge on any atom is -0.466 e. The Hall–Kier alpha value is -1.36. The highest BCUT2D eigenvalue weighted by molar-refractivity contribution is 5.69. The molecule has 0 radical (unpaired) electrons. The van der Waals surface area contributed by atoms with Crippen LogP contribution in [0.15, 0.2) is 12.2 Å². The van der Waals surface area contributed by atoms with E-state index in [0.29, 0.717) is 26.1 Å². The normalized spacial score (nSPS) is 11.8. The first kappa shape index (κ1) is 53.7. The van der Waals surface area contributed by atoms with Gasteiger partial charge in [-0.2, -0.15) is 0 Å². The summed E-state index contributed by atoms with van der Waals surface area (Å²) in [6.07, 6.45) is 49.4. The number of hydrogen-bond acceptors (Lipinski definition) is 5. The number of esters is 2. The Morgan fingerprint density at radius 3 is 1.23 bits per heavy atom. The number of carbonyl (C=O) groups is 2. The third-order valence-electron chi connectivity index (χ3n) is 10.3. The summed E-state index contributed by atoms with van der Waals surface area (Å²) in [5, 5.41) is 9.84. The van der Waals surface area contributed by atoms with E-state index in [0.717, 1.165) is 51.4 Å². The van der Waals surface area contributed by atoms with Gasteiger partial charge in [-0.1, -0.05) is 213 Å². The van der Waals surface area contributed by atoms with E-state index in [-0.39, 0.29) is 18.0 Å². The molecule has 5 heteroatoms. The maximum atomic E-state index is 11.8. The molecule has 316 valence electrons. The third-order valence-corrected chi connectivity index (χ3v) is 10.3. The van der Waals surface area contributed by atoms with Crippen molar-refractivity contribution >= 4 is 11.9 Å². The highest BCUT2D eigenvalue weighted by atomic mass is 16.5. The number of rotatable bonds is 41. The van der Waals surface area contributed by atoms with Crippen molar-refractivity contribution in [3.8, 4) is 0 Å². The second-order valence-corrected chi connectivity index (χ2v) is 15.7. The number of carbonyl (C=O) groups excluding carboxylic acids is 2. The summed E-state index contributed by atoms with van der Waals surface area (Å²) in [5.74, 6) is -0.0438. The van der Waals surface area contributed by atoms with Gasteiger partial charge in [0.1, 0.15) is 0 Å². The summed E-state index contributed by atoms with van der Waals surface area (Å²) in [4.78, 5) is 22.9. The van der Waals surface area contributed by atoms with Gasteiger partial charge in [-0.25, -0.2) is 0 Å². The first-order valence-corrected chi connectivity index (χ1v) is 23.7. The summed E-state index contributed by atoms with van der Waals surface area (Å²) in [5.41, 5.74) is 0. The molecule has 0 aromatic rings. The van der Waals surface area contributed by atoms with E-state index in [9.17, 15) is 14.7 Å². The van der Waals surface area contributed by atoms with Gasteiger partial charge in [0.05, 0.1) is 19.3 Å². The number of aliphatic hydroxyl groups excluding tert-OH is 1. The Balaban J connectivity index is 0. The number of aliphatic hydroxyl groups is 1. The third kappa shape index (κ3) is 50.6. The summed E-state index contributed by atoms with van der Waals surface area (Å²) >= 11 is 0. The molecule has 0 aliphatic rings. The van der Waals surface area contributed by atoms with Crippen LogP contribution in [0.4, 0.5) is 0 Å². The molecule has 0 amide bonds. The molecular weight excluding hydrogens is 657 g/mol. The zero-order valence-electron chi connectivity index (χ0n) is 36.4. The lowest BCUT2D eigenvalue weighted by molar-refractivity contribution is -0.144. The van der Waals surface area contributed by atoms with Crippen LogP contribution in [-0.2, 0) is 19.1 Å². The Morgan fingerprint density at radius 2 is 0.792 bits per heavy atom. The molecule has 0 unspecified atom stereocenters. The Kier molecular flexibility index (Phi) is 49.3. The predicted molar refractivity (Wildman–Crippen MR) is 231 cm³/mol. The van der Waals surface area contributed by atoms with Crippen LogP contribution >= 0.6 is 0 Å². The van der Waals surface area contributed by atoms with Crippen LogP contribution in [0.3, 0.4) is 0 Å². The van der Waals surface area contributed by atoms with Gasteiger partial charge < -0.3 is 14.6 Å². The van der Waals surface area contributed by atoms with Crippen molar-refractivity contribution in [1.82, 2.24) is 0 Å². The molecule has 1 atom stereocenters.